The van der Waals surface area contributed by atoms with Crippen LogP contribution < -0.4 is 10.6 Å². The maximum atomic E-state index is 8.71. The van der Waals surface area contributed by atoms with Gasteiger partial charge in [-0.15, -0.1) is 0 Å². The Morgan fingerprint density at radius 3 is 3.26 bits per heavy atom. The van der Waals surface area contributed by atoms with Crippen LogP contribution in [-0.4, -0.2) is 46.3 Å². The first-order valence-electron chi connectivity index (χ1n) is 6.49. The van der Waals surface area contributed by atoms with Crippen LogP contribution in [0.4, 0.5) is 5.95 Å². The minimum atomic E-state index is -0.000110. The largest absolute Gasteiger partial charge is 0.409 e. The third kappa shape index (κ3) is 2.21. The van der Waals surface area contributed by atoms with Crippen molar-refractivity contribution in [3.05, 3.63) is 18.0 Å². The molecular weight excluding hydrogens is 246 g/mol. The van der Waals surface area contributed by atoms with Gasteiger partial charge in [-0.3, -0.25) is 0 Å². The van der Waals surface area contributed by atoms with Crippen molar-refractivity contribution in [2.75, 3.05) is 18.1 Å². The molecule has 1 saturated heterocycles. The Morgan fingerprint density at radius 2 is 2.42 bits per heavy atom. The molecule has 2 atom stereocenters. The van der Waals surface area contributed by atoms with Crippen LogP contribution >= 0.6 is 0 Å². The van der Waals surface area contributed by atoms with E-state index in [9.17, 15) is 0 Å². The van der Waals surface area contributed by atoms with Crippen LogP contribution in [0.5, 0.6) is 0 Å². The second kappa shape index (κ2) is 5.00. The number of oxime groups is 1. The summed E-state index contributed by atoms with van der Waals surface area (Å²) in [6, 6.07) is 1.97. The standard InChI is InChI=1S/C12H17N5O2/c13-11(16-18)8-4-5-14-12(15-8)17-6-7-19-10-3-1-2-9(10)17/h4-5,9-10,18H,1-3,6-7H2,(H2,13,16). The molecule has 102 valence electrons. The number of nitrogens with two attached hydrogens (primary N) is 1. The summed E-state index contributed by atoms with van der Waals surface area (Å²) < 4.78 is 5.77. The van der Waals surface area contributed by atoms with Crippen LogP contribution in [0, 0.1) is 0 Å². The molecule has 7 nitrogen and oxygen atoms in total. The molecule has 1 aliphatic heterocycles. The van der Waals surface area contributed by atoms with Crippen molar-refractivity contribution >= 4 is 11.8 Å². The second-order valence-electron chi connectivity index (χ2n) is 4.83. The van der Waals surface area contributed by atoms with Gasteiger partial charge < -0.3 is 20.6 Å². The van der Waals surface area contributed by atoms with Gasteiger partial charge in [-0.1, -0.05) is 5.16 Å². The number of morpholine rings is 1. The summed E-state index contributed by atoms with van der Waals surface area (Å²) in [6.45, 7) is 1.47. The average molecular weight is 263 g/mol. The van der Waals surface area contributed by atoms with Crippen molar-refractivity contribution in [3.8, 4) is 0 Å². The van der Waals surface area contributed by atoms with Gasteiger partial charge in [0, 0.05) is 12.7 Å². The summed E-state index contributed by atoms with van der Waals surface area (Å²) in [5.41, 5.74) is 6.00. The fourth-order valence-corrected chi connectivity index (χ4v) is 2.85. The third-order valence-electron chi connectivity index (χ3n) is 3.75. The van der Waals surface area contributed by atoms with Crippen molar-refractivity contribution in [2.45, 2.75) is 31.4 Å². The average Bonchev–Trinajstić information content (AvgIpc) is 2.94. The van der Waals surface area contributed by atoms with Gasteiger partial charge in [0.1, 0.15) is 5.69 Å². The molecule has 1 aliphatic carbocycles. The van der Waals surface area contributed by atoms with Crippen molar-refractivity contribution in [1.29, 1.82) is 0 Å². The van der Waals surface area contributed by atoms with Crippen molar-refractivity contribution < 1.29 is 9.94 Å². The lowest BCUT2D eigenvalue weighted by atomic mass is 10.1. The van der Waals surface area contributed by atoms with Gasteiger partial charge in [0.2, 0.25) is 5.95 Å². The monoisotopic (exact) mass is 263 g/mol. The Bertz CT molecular complexity index is 493. The molecule has 3 N–H and O–H groups in total. The lowest BCUT2D eigenvalue weighted by molar-refractivity contribution is 0.0250. The third-order valence-corrected chi connectivity index (χ3v) is 3.75. The number of hydrogen-bond donors (Lipinski definition) is 2. The number of rotatable bonds is 2. The van der Waals surface area contributed by atoms with Gasteiger partial charge in [-0.2, -0.15) is 0 Å². The van der Waals surface area contributed by atoms with Crippen LogP contribution in [0.3, 0.4) is 0 Å². The van der Waals surface area contributed by atoms with E-state index in [4.69, 9.17) is 15.7 Å². The van der Waals surface area contributed by atoms with Crippen LogP contribution in [0.15, 0.2) is 17.4 Å². The molecule has 3 rings (SSSR count). The fraction of sp³-hybridized carbons (Fsp3) is 0.583. The first kappa shape index (κ1) is 12.2. The Hall–Kier alpha value is -1.89. The minimum Gasteiger partial charge on any atom is -0.409 e. The number of anilines is 1. The van der Waals surface area contributed by atoms with Gasteiger partial charge in [-0.05, 0) is 25.3 Å². The number of fused-ring (bicyclic) bond motifs is 1. The van der Waals surface area contributed by atoms with Gasteiger partial charge in [-0.25, -0.2) is 9.97 Å². The van der Waals surface area contributed by atoms with Gasteiger partial charge in [0.25, 0.3) is 0 Å². The molecule has 0 radical (unpaired) electrons. The highest BCUT2D eigenvalue weighted by Crippen LogP contribution is 2.31. The summed E-state index contributed by atoms with van der Waals surface area (Å²) >= 11 is 0. The number of ether oxygens (including phenoxy) is 1. The minimum absolute atomic E-state index is 0.000110. The molecule has 19 heavy (non-hydrogen) atoms. The van der Waals surface area contributed by atoms with E-state index in [2.05, 4.69) is 20.0 Å². The Labute approximate surface area is 111 Å². The fourth-order valence-electron chi connectivity index (χ4n) is 2.85. The SMILES string of the molecule is N/C(=N/O)c1ccnc(N2CCOC3CCCC32)n1. The van der Waals surface area contributed by atoms with E-state index in [1.165, 1.54) is 6.42 Å². The van der Waals surface area contributed by atoms with E-state index in [0.717, 1.165) is 19.4 Å². The van der Waals surface area contributed by atoms with E-state index < -0.39 is 0 Å². The van der Waals surface area contributed by atoms with Crippen molar-refractivity contribution in [2.24, 2.45) is 10.9 Å². The van der Waals surface area contributed by atoms with E-state index in [0.29, 0.717) is 24.3 Å². The molecule has 2 fully saturated rings. The van der Waals surface area contributed by atoms with E-state index in [1.807, 2.05) is 0 Å². The molecule has 7 heteroatoms. The summed E-state index contributed by atoms with van der Waals surface area (Å²) in [5.74, 6) is 0.629. The van der Waals surface area contributed by atoms with Crippen LogP contribution in [0.1, 0.15) is 25.0 Å². The maximum absolute atomic E-state index is 8.71. The van der Waals surface area contributed by atoms with E-state index in [-0.39, 0.29) is 11.9 Å². The zero-order chi connectivity index (χ0) is 13.2. The predicted octanol–water partition coefficient (Wildman–Crippen LogP) is 0.329. The van der Waals surface area contributed by atoms with Crippen molar-refractivity contribution in [3.63, 3.8) is 0 Å². The van der Waals surface area contributed by atoms with Crippen molar-refractivity contribution in [1.82, 2.24) is 9.97 Å². The van der Waals surface area contributed by atoms with Gasteiger partial charge in [0.05, 0.1) is 18.8 Å². The van der Waals surface area contributed by atoms with Crippen LogP contribution in [-0.2, 0) is 4.74 Å². The predicted molar refractivity (Wildman–Crippen MR) is 69.3 cm³/mol. The maximum Gasteiger partial charge on any atom is 0.226 e. The molecule has 2 heterocycles. The normalized spacial score (nSPS) is 27.4. The molecule has 0 amide bonds. The Kier molecular flexibility index (Phi) is 3.20. The number of nitrogens with zero attached hydrogens (tertiary/aromatic N) is 4. The second-order valence-corrected chi connectivity index (χ2v) is 4.83. The molecule has 0 bridgehead atoms. The zero-order valence-electron chi connectivity index (χ0n) is 10.6. The Morgan fingerprint density at radius 1 is 1.53 bits per heavy atom. The van der Waals surface area contributed by atoms with E-state index in [1.54, 1.807) is 12.3 Å². The Balaban J connectivity index is 1.88. The number of aromatic nitrogens is 2. The molecule has 2 aliphatic rings. The summed E-state index contributed by atoms with van der Waals surface area (Å²) in [6.07, 6.45) is 5.29. The van der Waals surface area contributed by atoms with E-state index >= 15 is 0 Å². The topological polar surface area (TPSA) is 96.9 Å². The first-order chi connectivity index (χ1) is 9.29. The highest BCUT2D eigenvalue weighted by Gasteiger charge is 2.37. The molecule has 1 aromatic heterocycles. The molecule has 0 spiro atoms. The van der Waals surface area contributed by atoms with Crippen LogP contribution in [0.25, 0.3) is 0 Å². The smallest absolute Gasteiger partial charge is 0.226 e. The summed E-state index contributed by atoms with van der Waals surface area (Å²) in [7, 11) is 0. The molecule has 2 unspecified atom stereocenters. The summed E-state index contributed by atoms with van der Waals surface area (Å²) in [4.78, 5) is 10.9. The quantitative estimate of drug-likeness (QED) is 0.345. The molecule has 1 aromatic rings. The lowest BCUT2D eigenvalue weighted by Gasteiger charge is -2.37. The molecular formula is C12H17N5O2. The molecule has 1 saturated carbocycles. The van der Waals surface area contributed by atoms with Gasteiger partial charge in [0.15, 0.2) is 5.84 Å². The summed E-state index contributed by atoms with van der Waals surface area (Å²) in [5, 5.41) is 11.7. The highest BCUT2D eigenvalue weighted by molar-refractivity contribution is 5.95. The highest BCUT2D eigenvalue weighted by atomic mass is 16.5. The number of amidine groups is 1. The number of hydrogen-bond acceptors (Lipinski definition) is 6. The lowest BCUT2D eigenvalue weighted by Crippen LogP contribution is -2.49. The molecule has 0 aromatic carbocycles. The van der Waals surface area contributed by atoms with Gasteiger partial charge >= 0.3 is 0 Å². The first-order valence-corrected chi connectivity index (χ1v) is 6.49. The zero-order valence-corrected chi connectivity index (χ0v) is 10.6. The van der Waals surface area contributed by atoms with Crippen LogP contribution in [0.2, 0.25) is 0 Å².